The second kappa shape index (κ2) is 12.2. The predicted molar refractivity (Wildman–Crippen MR) is 229 cm³/mol. The third-order valence-electron chi connectivity index (χ3n) is 11.1. The van der Waals surface area contributed by atoms with Gasteiger partial charge in [-0.05, 0) is 110 Å². The van der Waals surface area contributed by atoms with E-state index in [-0.39, 0.29) is 0 Å². The van der Waals surface area contributed by atoms with Crippen molar-refractivity contribution in [3.05, 3.63) is 206 Å². The molecule has 0 aliphatic rings. The molecule has 2 heteroatoms. The van der Waals surface area contributed by atoms with Gasteiger partial charge in [0.15, 0.2) is 0 Å². The maximum Gasteiger partial charge on any atom is 0.0635 e. The maximum atomic E-state index is 2.45. The first-order chi connectivity index (χ1) is 26.8. The Labute approximate surface area is 313 Å². The van der Waals surface area contributed by atoms with Crippen molar-refractivity contribution in [2.45, 2.75) is 0 Å². The second-order valence-electron chi connectivity index (χ2n) is 14.2. The van der Waals surface area contributed by atoms with Crippen molar-refractivity contribution in [1.29, 1.82) is 0 Å². The van der Waals surface area contributed by atoms with Crippen molar-refractivity contribution in [3.63, 3.8) is 0 Å². The highest BCUT2D eigenvalue weighted by molar-refractivity contribution is 6.19. The quantitative estimate of drug-likeness (QED) is 0.160. The lowest BCUT2D eigenvalue weighted by atomic mass is 9.93. The molecule has 54 heavy (non-hydrogen) atoms. The first-order valence-electron chi connectivity index (χ1n) is 18.6. The molecule has 0 spiro atoms. The van der Waals surface area contributed by atoms with Gasteiger partial charge in [0.1, 0.15) is 0 Å². The zero-order valence-electron chi connectivity index (χ0n) is 29.5. The van der Waals surface area contributed by atoms with E-state index in [9.17, 15) is 0 Å². The summed E-state index contributed by atoms with van der Waals surface area (Å²) < 4.78 is 4.80. The summed E-state index contributed by atoms with van der Waals surface area (Å²) in [6, 6.07) is 73.0. The number of fused-ring (bicyclic) bond motifs is 8. The molecule has 0 fully saturated rings. The summed E-state index contributed by atoms with van der Waals surface area (Å²) in [7, 11) is 0. The summed E-state index contributed by atoms with van der Waals surface area (Å²) in [4.78, 5) is 0. The summed E-state index contributed by atoms with van der Waals surface area (Å²) in [6.07, 6.45) is 2.24. The number of hydrogen-bond donors (Lipinski definition) is 0. The zero-order chi connectivity index (χ0) is 35.6. The molecule has 11 aromatic rings. The highest BCUT2D eigenvalue weighted by Crippen LogP contribution is 2.40. The Morgan fingerprint density at radius 3 is 1.63 bits per heavy atom. The average molecular weight is 687 g/mol. The number of hydrogen-bond acceptors (Lipinski definition) is 0. The minimum Gasteiger partial charge on any atom is -0.316 e. The summed E-state index contributed by atoms with van der Waals surface area (Å²) in [5.74, 6) is 0. The van der Waals surface area contributed by atoms with Gasteiger partial charge < -0.3 is 9.13 Å². The monoisotopic (exact) mass is 686 g/mol. The zero-order valence-corrected chi connectivity index (χ0v) is 29.5. The third-order valence-corrected chi connectivity index (χ3v) is 11.1. The number of nitrogens with zero attached hydrogens (tertiary/aromatic N) is 2. The van der Waals surface area contributed by atoms with Gasteiger partial charge in [-0.1, -0.05) is 146 Å². The Kier molecular flexibility index (Phi) is 6.90. The lowest BCUT2D eigenvalue weighted by Crippen LogP contribution is -1.96. The largest absolute Gasteiger partial charge is 0.316 e. The molecule has 2 heterocycles. The third kappa shape index (κ3) is 4.81. The van der Waals surface area contributed by atoms with E-state index in [1.165, 1.54) is 87.6 Å². The van der Waals surface area contributed by atoms with E-state index < -0.39 is 0 Å². The molecule has 0 atom stereocenters. The van der Waals surface area contributed by atoms with Crippen LogP contribution < -0.4 is 0 Å². The van der Waals surface area contributed by atoms with Gasteiger partial charge >= 0.3 is 0 Å². The Balaban J connectivity index is 1.10. The molecule has 0 amide bonds. The number of rotatable bonds is 5. The molecule has 252 valence electrons. The van der Waals surface area contributed by atoms with Gasteiger partial charge in [0, 0.05) is 33.7 Å². The van der Waals surface area contributed by atoms with E-state index in [4.69, 9.17) is 0 Å². The average Bonchev–Trinajstić information content (AvgIpc) is 3.84. The first kappa shape index (κ1) is 30.5. The SMILES string of the molecule is c1ccc(-c2cc(-c3ccccc3)cc(-n3ccc4c3ccc3c5ccccc5n(-c5ccc(-c6cc7ccccc7c7ccccc67)cc5)c34)c2)cc1. The van der Waals surface area contributed by atoms with Crippen molar-refractivity contribution >= 4 is 54.3 Å². The van der Waals surface area contributed by atoms with Crippen LogP contribution in [0.1, 0.15) is 0 Å². The van der Waals surface area contributed by atoms with Crippen molar-refractivity contribution in [3.8, 4) is 44.8 Å². The molecule has 0 N–H and O–H groups in total. The first-order valence-corrected chi connectivity index (χ1v) is 18.6. The molecule has 0 aliphatic carbocycles. The molecule has 0 unspecified atom stereocenters. The molecule has 0 radical (unpaired) electrons. The lowest BCUT2D eigenvalue weighted by Gasteiger charge is -2.14. The van der Waals surface area contributed by atoms with Crippen LogP contribution in [0.15, 0.2) is 206 Å². The lowest BCUT2D eigenvalue weighted by molar-refractivity contribution is 1.13. The summed E-state index contributed by atoms with van der Waals surface area (Å²) >= 11 is 0. The van der Waals surface area contributed by atoms with Crippen LogP contribution in [0, 0.1) is 0 Å². The molecule has 0 saturated carbocycles. The van der Waals surface area contributed by atoms with Crippen molar-refractivity contribution in [1.82, 2.24) is 9.13 Å². The highest BCUT2D eigenvalue weighted by atomic mass is 15.0. The van der Waals surface area contributed by atoms with Crippen LogP contribution in [0.3, 0.4) is 0 Å². The summed E-state index contributed by atoms with van der Waals surface area (Å²) in [5, 5.41) is 8.84. The summed E-state index contributed by atoms with van der Waals surface area (Å²) in [5.41, 5.74) is 13.2. The standard InChI is InChI=1S/C52H34N2/c1-3-13-35(14-4-1)39-31-40(36-15-5-2-6-16-36)33-42(32-39)53-30-29-48-50(53)28-27-47-46-21-11-12-22-51(46)54(52(47)48)41-25-23-37(24-26-41)49-34-38-17-7-8-18-43(38)44-19-9-10-20-45(44)49/h1-34H. The van der Waals surface area contributed by atoms with Gasteiger partial charge in [-0.15, -0.1) is 0 Å². The fourth-order valence-corrected chi connectivity index (χ4v) is 8.60. The van der Waals surface area contributed by atoms with Gasteiger partial charge in [0.2, 0.25) is 0 Å². The molecule has 0 aliphatic heterocycles. The van der Waals surface area contributed by atoms with E-state index >= 15 is 0 Å². The number of para-hydroxylation sites is 1. The molecular weight excluding hydrogens is 653 g/mol. The van der Waals surface area contributed by atoms with Crippen LogP contribution in [0.5, 0.6) is 0 Å². The molecule has 2 aromatic heterocycles. The minimum absolute atomic E-state index is 1.14. The van der Waals surface area contributed by atoms with E-state index in [2.05, 4.69) is 216 Å². The fraction of sp³-hybridized carbons (Fsp3) is 0. The van der Waals surface area contributed by atoms with Crippen LogP contribution in [0.2, 0.25) is 0 Å². The Bertz CT molecular complexity index is 3130. The van der Waals surface area contributed by atoms with Crippen molar-refractivity contribution in [2.75, 3.05) is 0 Å². The topological polar surface area (TPSA) is 9.86 Å². The molecule has 9 aromatic carbocycles. The van der Waals surface area contributed by atoms with Gasteiger partial charge in [-0.2, -0.15) is 0 Å². The van der Waals surface area contributed by atoms with Crippen molar-refractivity contribution in [2.24, 2.45) is 0 Å². The van der Waals surface area contributed by atoms with Crippen molar-refractivity contribution < 1.29 is 0 Å². The van der Waals surface area contributed by atoms with E-state index in [1.54, 1.807) is 0 Å². The van der Waals surface area contributed by atoms with E-state index in [1.807, 2.05) is 0 Å². The van der Waals surface area contributed by atoms with E-state index in [0.717, 1.165) is 11.4 Å². The Morgan fingerprint density at radius 1 is 0.296 bits per heavy atom. The Morgan fingerprint density at radius 2 is 0.907 bits per heavy atom. The van der Waals surface area contributed by atoms with Crippen LogP contribution >= 0.6 is 0 Å². The Hall–Kier alpha value is -7.16. The smallest absolute Gasteiger partial charge is 0.0635 e. The van der Waals surface area contributed by atoms with Crippen LogP contribution in [-0.2, 0) is 0 Å². The fourth-order valence-electron chi connectivity index (χ4n) is 8.60. The minimum atomic E-state index is 1.14. The second-order valence-corrected chi connectivity index (χ2v) is 14.2. The van der Waals surface area contributed by atoms with Gasteiger partial charge in [0.05, 0.1) is 16.6 Å². The highest BCUT2D eigenvalue weighted by Gasteiger charge is 2.18. The number of benzene rings is 9. The molecule has 2 nitrogen and oxygen atoms in total. The normalized spacial score (nSPS) is 11.7. The molecule has 11 rings (SSSR count). The van der Waals surface area contributed by atoms with Crippen LogP contribution in [0.25, 0.3) is 99.0 Å². The van der Waals surface area contributed by atoms with Crippen LogP contribution in [0.4, 0.5) is 0 Å². The van der Waals surface area contributed by atoms with Gasteiger partial charge in [0.25, 0.3) is 0 Å². The number of aromatic nitrogens is 2. The molecular formula is C52H34N2. The van der Waals surface area contributed by atoms with Gasteiger partial charge in [-0.25, -0.2) is 0 Å². The molecule has 0 bridgehead atoms. The summed E-state index contributed by atoms with van der Waals surface area (Å²) in [6.45, 7) is 0. The van der Waals surface area contributed by atoms with Crippen LogP contribution in [-0.4, -0.2) is 9.13 Å². The maximum absolute atomic E-state index is 2.45. The molecule has 0 saturated heterocycles. The predicted octanol–water partition coefficient (Wildman–Crippen LogP) is 14.0. The van der Waals surface area contributed by atoms with Gasteiger partial charge in [-0.3, -0.25) is 0 Å². The van der Waals surface area contributed by atoms with E-state index in [0.29, 0.717) is 0 Å².